The third-order valence-electron chi connectivity index (χ3n) is 9.39. The molecule has 3 N–H and O–H groups in total. The standard InChI is InChI=1S/C25H36O8.Na/c1-24-9-7-13(26)11-12(24)3-4-14-15-5-6-17(25(15,2)10-8-16(14)24)32-23-20(29)18(27)19(28)21(33-23)22(30)31;/h11,14-21,23,27-29H,3-10H2,1-2H3,(H,30,31);/q;+1/p-1/t14-,15-,16-,17?,18-,19-,20+,21-,23+,24-,25-;/m0./s1/i6D2,17D;. The zero-order chi connectivity index (χ0) is 26.4. The fourth-order valence-corrected chi connectivity index (χ4v) is 7.37. The van der Waals surface area contributed by atoms with Crippen molar-refractivity contribution >= 4 is 11.8 Å². The number of ether oxygens (including phenoxy) is 2. The number of carboxylic acids is 1. The summed E-state index contributed by atoms with van der Waals surface area (Å²) in [7, 11) is 0. The minimum atomic E-state index is -2.21. The van der Waals surface area contributed by atoms with Gasteiger partial charge in [0.2, 0.25) is 0 Å². The van der Waals surface area contributed by atoms with Crippen LogP contribution in [0.2, 0.25) is 0 Å². The molecule has 9 heteroatoms. The third-order valence-corrected chi connectivity index (χ3v) is 9.39. The minimum Gasteiger partial charge on any atom is -0.547 e. The molecule has 184 valence electrons. The zero-order valence-corrected chi connectivity index (χ0v) is 22.0. The van der Waals surface area contributed by atoms with Crippen LogP contribution in [0.5, 0.6) is 0 Å². The maximum Gasteiger partial charge on any atom is 1.00 e. The largest absolute Gasteiger partial charge is 1.00 e. The topological polar surface area (TPSA) is 136 Å². The van der Waals surface area contributed by atoms with Crippen LogP contribution in [-0.4, -0.2) is 63.9 Å². The average Bonchev–Trinajstić information content (AvgIpc) is 2.96. The Morgan fingerprint density at radius 3 is 2.59 bits per heavy atom. The first kappa shape index (κ1) is 22.8. The first-order chi connectivity index (χ1) is 16.7. The van der Waals surface area contributed by atoms with Crippen LogP contribution in [0.4, 0.5) is 0 Å². The van der Waals surface area contributed by atoms with E-state index in [0.717, 1.165) is 25.7 Å². The molecule has 0 spiro atoms. The normalized spacial score (nSPS) is 55.3. The van der Waals surface area contributed by atoms with Crippen molar-refractivity contribution in [1.82, 2.24) is 0 Å². The molecular weight excluding hydrogens is 451 g/mol. The Hall–Kier alpha value is -0.320. The number of carbonyl (C=O) groups is 2. The predicted molar refractivity (Wildman–Crippen MR) is 113 cm³/mol. The monoisotopic (exact) mass is 489 g/mol. The predicted octanol–water partition coefficient (Wildman–Crippen LogP) is -2.53. The number of aliphatic carboxylic acids is 1. The molecule has 0 aromatic rings. The van der Waals surface area contributed by atoms with Gasteiger partial charge in [0.25, 0.3) is 0 Å². The van der Waals surface area contributed by atoms with Crippen LogP contribution in [0, 0.1) is 28.6 Å². The zero-order valence-electron chi connectivity index (χ0n) is 23.0. The first-order valence-corrected chi connectivity index (χ1v) is 12.0. The number of fused-ring (bicyclic) bond motifs is 5. The van der Waals surface area contributed by atoms with Gasteiger partial charge in [-0.1, -0.05) is 19.4 Å². The molecule has 4 aliphatic carbocycles. The Morgan fingerprint density at radius 2 is 1.88 bits per heavy atom. The van der Waals surface area contributed by atoms with Gasteiger partial charge in [0, 0.05) is 9.16 Å². The summed E-state index contributed by atoms with van der Waals surface area (Å²) in [4.78, 5) is 23.5. The van der Waals surface area contributed by atoms with Gasteiger partial charge in [-0.2, -0.15) is 0 Å². The van der Waals surface area contributed by atoms with Crippen LogP contribution in [0.3, 0.4) is 0 Å². The Morgan fingerprint density at radius 1 is 1.15 bits per heavy atom. The van der Waals surface area contributed by atoms with Crippen LogP contribution >= 0.6 is 0 Å². The Balaban J connectivity index is 0.00000320. The van der Waals surface area contributed by atoms with E-state index in [1.54, 1.807) is 6.08 Å². The van der Waals surface area contributed by atoms with Crippen molar-refractivity contribution < 1.29 is 73.2 Å². The van der Waals surface area contributed by atoms with Crippen LogP contribution in [0.1, 0.15) is 69.3 Å². The van der Waals surface area contributed by atoms with E-state index in [4.69, 9.17) is 12.2 Å². The smallest absolute Gasteiger partial charge is 0.547 e. The molecule has 5 aliphatic rings. The fraction of sp³-hybridized carbons (Fsp3) is 0.840. The number of allylic oxidation sites excluding steroid dienone is 1. The number of rotatable bonds is 3. The Kier molecular flexibility index (Phi) is 6.40. The molecule has 0 radical (unpaired) electrons. The summed E-state index contributed by atoms with van der Waals surface area (Å²) < 4.78 is 38.1. The second kappa shape index (κ2) is 9.53. The number of aliphatic hydroxyl groups is 3. The summed E-state index contributed by atoms with van der Waals surface area (Å²) in [6, 6.07) is 0. The van der Waals surface area contributed by atoms with Crippen LogP contribution in [0.25, 0.3) is 0 Å². The quantitative estimate of drug-likeness (QED) is 0.369. The van der Waals surface area contributed by atoms with E-state index in [1.807, 2.05) is 6.92 Å². The van der Waals surface area contributed by atoms with Gasteiger partial charge in [-0.3, -0.25) is 4.79 Å². The summed E-state index contributed by atoms with van der Waals surface area (Å²) in [6.45, 7) is 4.03. The molecule has 0 bridgehead atoms. The molecular formula is C25H35NaO8. The molecule has 3 saturated carbocycles. The maximum atomic E-state index is 12.1. The van der Waals surface area contributed by atoms with Crippen molar-refractivity contribution in [3.8, 4) is 0 Å². The number of hydrogen-bond donors (Lipinski definition) is 3. The van der Waals surface area contributed by atoms with Gasteiger partial charge in [-0.05, 0) is 79.6 Å². The first-order valence-electron chi connectivity index (χ1n) is 13.5. The van der Waals surface area contributed by atoms with Crippen LogP contribution < -0.4 is 34.7 Å². The molecule has 0 aromatic carbocycles. The van der Waals surface area contributed by atoms with Gasteiger partial charge in [-0.15, -0.1) is 0 Å². The fourth-order valence-electron chi connectivity index (χ4n) is 7.37. The van der Waals surface area contributed by atoms with Gasteiger partial charge < -0.3 is 34.7 Å². The van der Waals surface area contributed by atoms with Crippen molar-refractivity contribution in [1.29, 1.82) is 0 Å². The van der Waals surface area contributed by atoms with E-state index < -0.39 is 54.5 Å². The maximum absolute atomic E-state index is 12.1. The number of carboxylic acid groups (broad SMARTS) is 1. The van der Waals surface area contributed by atoms with Crippen molar-refractivity contribution in [3.05, 3.63) is 11.6 Å². The molecule has 1 heterocycles. The number of ketones is 1. The molecule has 34 heavy (non-hydrogen) atoms. The summed E-state index contributed by atoms with van der Waals surface area (Å²) in [6.07, 6.45) is -8.13. The van der Waals surface area contributed by atoms with Gasteiger partial charge in [0.05, 0.1) is 13.4 Å². The molecule has 5 rings (SSSR count). The van der Waals surface area contributed by atoms with E-state index in [2.05, 4.69) is 6.92 Å². The van der Waals surface area contributed by atoms with Gasteiger partial charge in [0.15, 0.2) is 12.1 Å². The average molecular weight is 490 g/mol. The van der Waals surface area contributed by atoms with Crippen LogP contribution in [-0.2, 0) is 19.1 Å². The number of hydrogen-bond acceptors (Lipinski definition) is 8. The van der Waals surface area contributed by atoms with E-state index >= 15 is 0 Å². The van der Waals surface area contributed by atoms with Gasteiger partial charge in [0.1, 0.15) is 24.4 Å². The molecule has 8 nitrogen and oxygen atoms in total. The van der Waals surface area contributed by atoms with Crippen molar-refractivity contribution in [2.24, 2.45) is 28.6 Å². The Bertz CT molecular complexity index is 995. The van der Waals surface area contributed by atoms with Gasteiger partial charge in [-0.25, -0.2) is 0 Å². The van der Waals surface area contributed by atoms with Crippen molar-refractivity contribution in [2.45, 2.75) is 102 Å². The molecule has 1 aliphatic heterocycles. The third kappa shape index (κ3) is 4.06. The summed E-state index contributed by atoms with van der Waals surface area (Å²) in [5.74, 6) is -1.51. The van der Waals surface area contributed by atoms with Crippen molar-refractivity contribution in [2.75, 3.05) is 0 Å². The van der Waals surface area contributed by atoms with E-state index in [0.29, 0.717) is 12.8 Å². The SMILES string of the molecule is [2H]C1([2H])C[C@H]2[C@@H]3CCC4=CC(=O)CC[C@]4(C)[C@H]3CC[C@]2(C)C1([2H])O[C@@H]1O[C@H](C(=O)[O-])[C@@H](O)[C@H](O)[C@H]1O.[Na+]. The summed E-state index contributed by atoms with van der Waals surface area (Å²) in [5.41, 5.74) is 0.0577. The number of carbonyl (C=O) groups excluding carboxylic acids is 2. The molecule has 0 amide bonds. The van der Waals surface area contributed by atoms with Crippen molar-refractivity contribution in [3.63, 3.8) is 0 Å². The summed E-state index contributed by atoms with van der Waals surface area (Å²) >= 11 is 0. The molecule has 11 atom stereocenters. The molecule has 1 unspecified atom stereocenters. The second-order valence-corrected chi connectivity index (χ2v) is 11.0. The van der Waals surface area contributed by atoms with E-state index in [-0.39, 0.29) is 64.9 Å². The molecule has 4 fully saturated rings. The Labute approximate surface area is 226 Å². The van der Waals surface area contributed by atoms with Crippen LogP contribution in [0.15, 0.2) is 11.6 Å². The van der Waals surface area contributed by atoms with E-state index in [1.165, 1.54) is 5.57 Å². The molecule has 1 saturated heterocycles. The minimum absolute atomic E-state index is 0. The van der Waals surface area contributed by atoms with Gasteiger partial charge >= 0.3 is 29.6 Å². The second-order valence-electron chi connectivity index (χ2n) is 11.0. The number of aliphatic hydroxyl groups excluding tert-OH is 3. The summed E-state index contributed by atoms with van der Waals surface area (Å²) in [5, 5.41) is 42.1. The van der Waals surface area contributed by atoms with E-state index in [9.17, 15) is 31.4 Å². The molecule has 0 aromatic heterocycles.